The SMILES string of the molecule is COc1ccc2ncc(F)c(N3CCC4(CC3)C[C@@H](O)[C@@H](NCc3ccc5c(n3)NC(=O)CS5)C4)c2n1. The second kappa shape index (κ2) is 9.70. The average Bonchev–Trinajstić information content (AvgIpc) is 3.21. The van der Waals surface area contributed by atoms with Gasteiger partial charge in [-0.1, -0.05) is 0 Å². The normalized spacial score (nSPS) is 22.8. The molecule has 1 amide bonds. The van der Waals surface area contributed by atoms with Gasteiger partial charge in [0.2, 0.25) is 11.8 Å². The molecular weight excluding hydrogens is 495 g/mol. The summed E-state index contributed by atoms with van der Waals surface area (Å²) in [5, 5.41) is 17.2. The number of anilines is 2. The smallest absolute Gasteiger partial charge is 0.235 e. The van der Waals surface area contributed by atoms with E-state index in [0.717, 1.165) is 29.9 Å². The highest BCUT2D eigenvalue weighted by Gasteiger charge is 2.46. The van der Waals surface area contributed by atoms with Crippen LogP contribution in [0.1, 0.15) is 31.4 Å². The molecule has 2 aliphatic heterocycles. The number of halogens is 1. The van der Waals surface area contributed by atoms with Crippen LogP contribution in [0.15, 0.2) is 35.4 Å². The van der Waals surface area contributed by atoms with Crippen molar-refractivity contribution in [1.29, 1.82) is 0 Å². The van der Waals surface area contributed by atoms with Gasteiger partial charge in [0.25, 0.3) is 0 Å². The highest BCUT2D eigenvalue weighted by molar-refractivity contribution is 8.00. The minimum atomic E-state index is -0.455. The van der Waals surface area contributed by atoms with E-state index in [1.165, 1.54) is 18.0 Å². The molecule has 0 radical (unpaired) electrons. The topological polar surface area (TPSA) is 113 Å². The Labute approximate surface area is 218 Å². The van der Waals surface area contributed by atoms with Crippen molar-refractivity contribution in [3.8, 4) is 5.88 Å². The summed E-state index contributed by atoms with van der Waals surface area (Å²) in [4.78, 5) is 28.0. The van der Waals surface area contributed by atoms with E-state index in [0.29, 0.717) is 60.2 Å². The zero-order valence-electron chi connectivity index (χ0n) is 20.5. The molecular formula is C26H29FN6O3S. The Morgan fingerprint density at radius 1 is 1.24 bits per heavy atom. The number of amides is 1. The van der Waals surface area contributed by atoms with Gasteiger partial charge in [-0.2, -0.15) is 0 Å². The lowest BCUT2D eigenvalue weighted by Gasteiger charge is -2.40. The van der Waals surface area contributed by atoms with Crippen LogP contribution >= 0.6 is 11.8 Å². The Morgan fingerprint density at radius 2 is 2.08 bits per heavy atom. The second-order valence-corrected chi connectivity index (χ2v) is 11.1. The van der Waals surface area contributed by atoms with Crippen molar-refractivity contribution in [3.05, 3.63) is 42.0 Å². The zero-order valence-corrected chi connectivity index (χ0v) is 21.4. The quantitative estimate of drug-likeness (QED) is 0.463. The number of aliphatic hydroxyl groups is 1. The third-order valence-corrected chi connectivity index (χ3v) is 8.85. The fourth-order valence-electron chi connectivity index (χ4n) is 5.86. The van der Waals surface area contributed by atoms with E-state index in [2.05, 4.69) is 25.6 Å². The van der Waals surface area contributed by atoms with Crippen molar-refractivity contribution in [1.82, 2.24) is 20.3 Å². The average molecular weight is 525 g/mol. The molecule has 3 aliphatic rings. The Hall–Kier alpha value is -3.02. The van der Waals surface area contributed by atoms with Gasteiger partial charge in [0.1, 0.15) is 17.0 Å². The number of carbonyl (C=O) groups excluding carboxylic acids is 1. The Bertz CT molecular complexity index is 1350. The molecule has 1 saturated heterocycles. The van der Waals surface area contributed by atoms with Crippen molar-refractivity contribution in [2.75, 3.05) is 36.2 Å². The lowest BCUT2D eigenvalue weighted by molar-refractivity contribution is -0.113. The predicted molar refractivity (Wildman–Crippen MR) is 139 cm³/mol. The van der Waals surface area contributed by atoms with Crippen LogP contribution in [0.4, 0.5) is 15.9 Å². The number of nitrogens with one attached hydrogen (secondary N) is 2. The molecule has 3 aromatic rings. The number of thioether (sulfide) groups is 1. The number of hydrogen-bond acceptors (Lipinski definition) is 9. The lowest BCUT2D eigenvalue weighted by Crippen LogP contribution is -2.40. The van der Waals surface area contributed by atoms with Crippen LogP contribution in [-0.2, 0) is 11.3 Å². The van der Waals surface area contributed by atoms with E-state index in [1.54, 1.807) is 19.2 Å². The number of ether oxygens (including phenoxy) is 1. The van der Waals surface area contributed by atoms with Crippen molar-refractivity contribution in [2.45, 2.75) is 49.3 Å². The van der Waals surface area contributed by atoms with E-state index in [4.69, 9.17) is 4.74 Å². The van der Waals surface area contributed by atoms with E-state index >= 15 is 0 Å². The van der Waals surface area contributed by atoms with Gasteiger partial charge >= 0.3 is 0 Å². The van der Waals surface area contributed by atoms with Crippen LogP contribution < -0.4 is 20.3 Å². The number of aromatic nitrogens is 3. The molecule has 0 unspecified atom stereocenters. The maximum absolute atomic E-state index is 15.0. The number of carbonyl (C=O) groups is 1. The molecule has 5 heterocycles. The monoisotopic (exact) mass is 524 g/mol. The van der Waals surface area contributed by atoms with Gasteiger partial charge < -0.3 is 25.4 Å². The van der Waals surface area contributed by atoms with E-state index in [9.17, 15) is 14.3 Å². The second-order valence-electron chi connectivity index (χ2n) is 10.1. The number of rotatable bonds is 5. The van der Waals surface area contributed by atoms with Crippen LogP contribution in [0, 0.1) is 11.2 Å². The third kappa shape index (κ3) is 4.71. The fraction of sp³-hybridized carbons (Fsp3) is 0.462. The van der Waals surface area contributed by atoms with E-state index in [-0.39, 0.29) is 23.2 Å². The predicted octanol–water partition coefficient (Wildman–Crippen LogP) is 3.12. The first-order valence-corrected chi connectivity index (χ1v) is 13.5. The van der Waals surface area contributed by atoms with E-state index < -0.39 is 6.10 Å². The number of piperidine rings is 1. The van der Waals surface area contributed by atoms with Gasteiger partial charge in [-0.05, 0) is 49.3 Å². The molecule has 1 spiro atoms. The molecule has 0 bridgehead atoms. The molecule has 3 N–H and O–H groups in total. The molecule has 1 saturated carbocycles. The Kier molecular flexibility index (Phi) is 6.37. The van der Waals surface area contributed by atoms with Gasteiger partial charge in [-0.15, -0.1) is 11.8 Å². The van der Waals surface area contributed by atoms with Crippen molar-refractivity contribution in [2.24, 2.45) is 5.41 Å². The third-order valence-electron chi connectivity index (χ3n) is 7.80. The van der Waals surface area contributed by atoms with Gasteiger partial charge in [0.05, 0.1) is 41.3 Å². The number of fused-ring (bicyclic) bond motifs is 2. The highest BCUT2D eigenvalue weighted by atomic mass is 32.2. The van der Waals surface area contributed by atoms with Crippen molar-refractivity contribution in [3.63, 3.8) is 0 Å². The summed E-state index contributed by atoms with van der Waals surface area (Å²) in [5.41, 5.74) is 2.44. The van der Waals surface area contributed by atoms with Crippen LogP contribution in [0.5, 0.6) is 5.88 Å². The van der Waals surface area contributed by atoms with Gasteiger partial charge in [0, 0.05) is 31.7 Å². The molecule has 2 atom stereocenters. The summed E-state index contributed by atoms with van der Waals surface area (Å²) >= 11 is 1.49. The minimum absolute atomic E-state index is 0.00586. The maximum atomic E-state index is 15.0. The first-order valence-electron chi connectivity index (χ1n) is 12.5. The Balaban J connectivity index is 1.12. The molecule has 1 aliphatic carbocycles. The molecule has 0 aromatic carbocycles. The van der Waals surface area contributed by atoms with E-state index in [1.807, 2.05) is 17.0 Å². The molecule has 3 aromatic heterocycles. The van der Waals surface area contributed by atoms with Gasteiger partial charge in [-0.25, -0.2) is 14.4 Å². The number of methoxy groups -OCH3 is 1. The van der Waals surface area contributed by atoms with Crippen LogP contribution in [0.2, 0.25) is 0 Å². The first-order chi connectivity index (χ1) is 17.9. The first kappa shape index (κ1) is 24.3. The van der Waals surface area contributed by atoms with Gasteiger partial charge in [0.15, 0.2) is 5.82 Å². The molecule has 37 heavy (non-hydrogen) atoms. The summed E-state index contributed by atoms with van der Waals surface area (Å²) in [5.74, 6) is 1.03. The fourth-order valence-corrected chi connectivity index (χ4v) is 6.62. The summed E-state index contributed by atoms with van der Waals surface area (Å²) in [7, 11) is 1.54. The maximum Gasteiger partial charge on any atom is 0.235 e. The number of nitrogens with zero attached hydrogens (tertiary/aromatic N) is 4. The number of hydrogen-bond donors (Lipinski definition) is 3. The summed E-state index contributed by atoms with van der Waals surface area (Å²) in [6, 6.07) is 7.42. The summed E-state index contributed by atoms with van der Waals surface area (Å²) in [6.45, 7) is 1.87. The minimum Gasteiger partial charge on any atom is -0.481 e. The molecule has 2 fully saturated rings. The number of pyridine rings is 3. The van der Waals surface area contributed by atoms with Crippen molar-refractivity contribution >= 4 is 40.2 Å². The number of aliphatic hydroxyl groups excluding tert-OH is 1. The summed E-state index contributed by atoms with van der Waals surface area (Å²) < 4.78 is 20.2. The lowest BCUT2D eigenvalue weighted by atomic mass is 9.76. The molecule has 194 valence electrons. The largest absolute Gasteiger partial charge is 0.481 e. The Morgan fingerprint density at radius 3 is 2.89 bits per heavy atom. The van der Waals surface area contributed by atoms with Crippen LogP contribution in [0.3, 0.4) is 0 Å². The van der Waals surface area contributed by atoms with Crippen molar-refractivity contribution < 1.29 is 19.0 Å². The standard InChI is InChI=1S/C26H29FN6O3S/c1-36-22-5-3-17-23(32-22)24(16(27)13-29-17)33-8-6-26(7-9-33)10-18(19(34)11-26)28-12-15-2-4-20-25(30-15)31-21(35)14-37-20/h2-5,13,18-19,28,34H,6-12,14H2,1H3,(H,30,31,35)/t18-,19+/m0/s1. The molecule has 6 rings (SSSR count). The molecule has 9 nitrogen and oxygen atoms in total. The molecule has 11 heteroatoms. The zero-order chi connectivity index (χ0) is 25.6. The summed E-state index contributed by atoms with van der Waals surface area (Å²) in [6.07, 6.45) is 4.09. The van der Waals surface area contributed by atoms with Crippen LogP contribution in [-0.4, -0.2) is 64.1 Å². The van der Waals surface area contributed by atoms with Crippen LogP contribution in [0.25, 0.3) is 11.0 Å². The van der Waals surface area contributed by atoms with Gasteiger partial charge in [-0.3, -0.25) is 9.78 Å². The highest BCUT2D eigenvalue weighted by Crippen LogP contribution is 2.47.